The van der Waals surface area contributed by atoms with Crippen molar-refractivity contribution in [3.8, 4) is 0 Å². The monoisotopic (exact) mass is 268 g/mol. The van der Waals surface area contributed by atoms with Crippen LogP contribution in [0.4, 0.5) is 0 Å². The molecule has 0 radical (unpaired) electrons. The number of nitrogens with two attached hydrogens (primary N) is 1. The molecule has 5 heteroatoms. The molecule has 108 valence electrons. The minimum Gasteiger partial charge on any atom is -0.465 e. The molecule has 1 fully saturated rings. The average molecular weight is 268 g/mol. The number of rotatable bonds is 5. The molecule has 0 aliphatic carbocycles. The molecule has 1 aliphatic rings. The lowest BCUT2D eigenvalue weighted by atomic mass is 10.0. The van der Waals surface area contributed by atoms with Gasteiger partial charge in [-0.2, -0.15) is 0 Å². The van der Waals surface area contributed by atoms with Crippen molar-refractivity contribution in [2.24, 2.45) is 5.73 Å². The summed E-state index contributed by atoms with van der Waals surface area (Å²) in [7, 11) is 0. The maximum atomic E-state index is 9.25. The fraction of sp³-hybridized carbons (Fsp3) is 0.714. The largest absolute Gasteiger partial charge is 0.465 e. The maximum Gasteiger partial charge on any atom is 0.122 e. The first-order valence-corrected chi connectivity index (χ1v) is 6.94. The van der Waals surface area contributed by atoms with Crippen molar-refractivity contribution in [2.45, 2.75) is 38.5 Å². The van der Waals surface area contributed by atoms with E-state index in [1.165, 1.54) is 0 Å². The molecule has 3 N–H and O–H groups in total. The predicted octanol–water partition coefficient (Wildman–Crippen LogP) is 1.06. The first kappa shape index (κ1) is 14.5. The van der Waals surface area contributed by atoms with Gasteiger partial charge >= 0.3 is 0 Å². The normalized spacial score (nSPS) is 24.3. The standard InChI is InChI=1S/C14H24N2O3/c1-3-12(15)14(13-5-4-10(2)19-13)16-6-7-18-11(8-16)9-17/h4-5,11-12,14,17H,3,6-9,15H2,1-2H3. The Kier molecular flexibility index (Phi) is 4.99. The third kappa shape index (κ3) is 3.36. The molecule has 1 aromatic rings. The van der Waals surface area contributed by atoms with Crippen LogP contribution in [-0.4, -0.2) is 48.5 Å². The summed E-state index contributed by atoms with van der Waals surface area (Å²) in [5, 5.41) is 9.25. The van der Waals surface area contributed by atoms with E-state index in [1.54, 1.807) is 0 Å². The van der Waals surface area contributed by atoms with E-state index in [0.717, 1.165) is 24.5 Å². The van der Waals surface area contributed by atoms with Crippen LogP contribution in [0, 0.1) is 6.92 Å². The van der Waals surface area contributed by atoms with E-state index in [4.69, 9.17) is 14.9 Å². The van der Waals surface area contributed by atoms with E-state index < -0.39 is 0 Å². The molecule has 0 bridgehead atoms. The predicted molar refractivity (Wildman–Crippen MR) is 72.9 cm³/mol. The second kappa shape index (κ2) is 6.52. The summed E-state index contributed by atoms with van der Waals surface area (Å²) in [6.45, 7) is 6.19. The number of ether oxygens (including phenoxy) is 1. The zero-order valence-electron chi connectivity index (χ0n) is 11.7. The molecule has 5 nitrogen and oxygen atoms in total. The quantitative estimate of drug-likeness (QED) is 0.835. The maximum absolute atomic E-state index is 9.25. The van der Waals surface area contributed by atoms with Crippen LogP contribution >= 0.6 is 0 Å². The number of morpholine rings is 1. The Balaban J connectivity index is 2.17. The van der Waals surface area contributed by atoms with Gasteiger partial charge in [0.25, 0.3) is 0 Å². The summed E-state index contributed by atoms with van der Waals surface area (Å²) in [6, 6.07) is 4.04. The number of nitrogens with zero attached hydrogens (tertiary/aromatic N) is 1. The molecular weight excluding hydrogens is 244 g/mol. The highest BCUT2D eigenvalue weighted by molar-refractivity contribution is 5.12. The lowest BCUT2D eigenvalue weighted by Crippen LogP contribution is -2.50. The first-order chi connectivity index (χ1) is 9.15. The van der Waals surface area contributed by atoms with Gasteiger partial charge < -0.3 is 20.0 Å². The molecule has 2 heterocycles. The second-order valence-electron chi connectivity index (χ2n) is 5.14. The van der Waals surface area contributed by atoms with Crippen LogP contribution in [0.2, 0.25) is 0 Å². The van der Waals surface area contributed by atoms with Gasteiger partial charge in [-0.25, -0.2) is 0 Å². The van der Waals surface area contributed by atoms with Crippen LogP contribution in [0.3, 0.4) is 0 Å². The van der Waals surface area contributed by atoms with Crippen molar-refractivity contribution in [3.63, 3.8) is 0 Å². The lowest BCUT2D eigenvalue weighted by molar-refractivity contribution is -0.0707. The van der Waals surface area contributed by atoms with E-state index in [1.807, 2.05) is 19.1 Å². The highest BCUT2D eigenvalue weighted by Gasteiger charge is 2.32. The van der Waals surface area contributed by atoms with Crippen molar-refractivity contribution >= 4 is 0 Å². The summed E-state index contributed by atoms with van der Waals surface area (Å²) < 4.78 is 11.3. The molecule has 0 saturated carbocycles. The number of hydrogen-bond donors (Lipinski definition) is 2. The van der Waals surface area contributed by atoms with Crippen LogP contribution in [0.15, 0.2) is 16.5 Å². The van der Waals surface area contributed by atoms with Crippen molar-refractivity contribution in [3.05, 3.63) is 23.7 Å². The number of furan rings is 1. The molecule has 19 heavy (non-hydrogen) atoms. The molecule has 0 aromatic carbocycles. The molecule has 0 spiro atoms. The number of aliphatic hydroxyl groups is 1. The van der Waals surface area contributed by atoms with Crippen LogP contribution < -0.4 is 5.73 Å². The highest BCUT2D eigenvalue weighted by Crippen LogP contribution is 2.28. The van der Waals surface area contributed by atoms with Gasteiger partial charge in [0.15, 0.2) is 0 Å². The first-order valence-electron chi connectivity index (χ1n) is 6.94. The van der Waals surface area contributed by atoms with E-state index in [0.29, 0.717) is 13.2 Å². The average Bonchev–Trinajstić information content (AvgIpc) is 2.85. The Morgan fingerprint density at radius 3 is 2.89 bits per heavy atom. The van der Waals surface area contributed by atoms with E-state index in [9.17, 15) is 5.11 Å². The summed E-state index contributed by atoms with van der Waals surface area (Å²) in [5.74, 6) is 1.81. The van der Waals surface area contributed by atoms with Gasteiger partial charge in [-0.1, -0.05) is 6.92 Å². The Morgan fingerprint density at radius 2 is 2.32 bits per heavy atom. The van der Waals surface area contributed by atoms with Gasteiger partial charge in [-0.15, -0.1) is 0 Å². The van der Waals surface area contributed by atoms with Crippen molar-refractivity contribution in [1.82, 2.24) is 4.90 Å². The van der Waals surface area contributed by atoms with Crippen molar-refractivity contribution < 1.29 is 14.3 Å². The second-order valence-corrected chi connectivity index (χ2v) is 5.14. The van der Waals surface area contributed by atoms with Crippen LogP contribution in [0.5, 0.6) is 0 Å². The van der Waals surface area contributed by atoms with Crippen LogP contribution in [0.25, 0.3) is 0 Å². The molecule has 3 atom stereocenters. The lowest BCUT2D eigenvalue weighted by Gasteiger charge is -2.39. The van der Waals surface area contributed by atoms with Crippen molar-refractivity contribution in [2.75, 3.05) is 26.3 Å². The van der Waals surface area contributed by atoms with Gasteiger partial charge in [0.2, 0.25) is 0 Å². The van der Waals surface area contributed by atoms with Gasteiger partial charge in [-0.3, -0.25) is 4.90 Å². The summed E-state index contributed by atoms with van der Waals surface area (Å²) >= 11 is 0. The number of aryl methyl sites for hydroxylation is 1. The molecule has 1 aromatic heterocycles. The van der Waals surface area contributed by atoms with Crippen LogP contribution in [-0.2, 0) is 4.74 Å². The Morgan fingerprint density at radius 1 is 1.53 bits per heavy atom. The third-order valence-electron chi connectivity index (χ3n) is 3.70. The minimum atomic E-state index is -0.128. The van der Waals surface area contributed by atoms with E-state index in [2.05, 4.69) is 11.8 Å². The summed E-state index contributed by atoms with van der Waals surface area (Å²) in [5.41, 5.74) is 6.27. The zero-order valence-corrected chi connectivity index (χ0v) is 11.7. The van der Waals surface area contributed by atoms with Gasteiger partial charge in [0.05, 0.1) is 25.4 Å². The fourth-order valence-electron chi connectivity index (χ4n) is 2.60. The molecule has 0 amide bonds. The van der Waals surface area contributed by atoms with E-state index >= 15 is 0 Å². The van der Waals surface area contributed by atoms with E-state index in [-0.39, 0.29) is 24.8 Å². The van der Waals surface area contributed by atoms with Crippen LogP contribution in [0.1, 0.15) is 30.9 Å². The Labute approximate surface area is 114 Å². The topological polar surface area (TPSA) is 71.9 Å². The Bertz CT molecular complexity index is 394. The van der Waals surface area contributed by atoms with Crippen molar-refractivity contribution in [1.29, 1.82) is 0 Å². The number of aliphatic hydroxyl groups excluding tert-OH is 1. The zero-order chi connectivity index (χ0) is 13.8. The molecule has 1 saturated heterocycles. The SMILES string of the molecule is CCC(N)C(c1ccc(C)o1)N1CCOC(CO)C1. The summed E-state index contributed by atoms with van der Waals surface area (Å²) in [6.07, 6.45) is 0.752. The summed E-state index contributed by atoms with van der Waals surface area (Å²) in [4.78, 5) is 2.26. The third-order valence-corrected chi connectivity index (χ3v) is 3.70. The fourth-order valence-corrected chi connectivity index (χ4v) is 2.60. The molecule has 2 rings (SSSR count). The smallest absolute Gasteiger partial charge is 0.122 e. The minimum absolute atomic E-state index is 0.0167. The number of hydrogen-bond acceptors (Lipinski definition) is 5. The van der Waals surface area contributed by atoms with Gasteiger partial charge in [0.1, 0.15) is 11.5 Å². The highest BCUT2D eigenvalue weighted by atomic mass is 16.5. The van der Waals surface area contributed by atoms with Gasteiger partial charge in [0, 0.05) is 19.1 Å². The molecule has 1 aliphatic heterocycles. The Hall–Kier alpha value is -0.880. The molecule has 3 unspecified atom stereocenters. The van der Waals surface area contributed by atoms with Gasteiger partial charge in [-0.05, 0) is 25.5 Å². The molecular formula is C14H24N2O3.